The van der Waals surface area contributed by atoms with Gasteiger partial charge in [0, 0.05) is 18.0 Å². The van der Waals surface area contributed by atoms with E-state index >= 15 is 0 Å². The zero-order valence-electron chi connectivity index (χ0n) is 18.7. The SMILES string of the molecule is O=C(Nc1cc(C(=O)NCC2CC2C(=O)O)ccc1Cl)OCC1c2ccccc2-c2ccccc21. The number of benzene rings is 3. The summed E-state index contributed by atoms with van der Waals surface area (Å²) in [6.45, 7) is 0.442. The molecule has 3 N–H and O–H groups in total. The van der Waals surface area contributed by atoms with E-state index in [4.69, 9.17) is 21.4 Å². The van der Waals surface area contributed by atoms with Crippen molar-refractivity contribution < 1.29 is 24.2 Å². The lowest BCUT2D eigenvalue weighted by molar-refractivity contribution is -0.138. The predicted molar refractivity (Wildman–Crippen MR) is 132 cm³/mol. The molecule has 3 aromatic carbocycles. The minimum Gasteiger partial charge on any atom is -0.481 e. The normalized spacial score (nSPS) is 17.7. The van der Waals surface area contributed by atoms with Crippen LogP contribution in [0.25, 0.3) is 11.1 Å². The van der Waals surface area contributed by atoms with Gasteiger partial charge in [-0.25, -0.2) is 4.79 Å². The first-order valence-electron chi connectivity index (χ1n) is 11.3. The molecule has 8 heteroatoms. The average molecular weight is 491 g/mol. The largest absolute Gasteiger partial charge is 0.481 e. The zero-order valence-corrected chi connectivity index (χ0v) is 19.4. The lowest BCUT2D eigenvalue weighted by atomic mass is 9.98. The van der Waals surface area contributed by atoms with Gasteiger partial charge >= 0.3 is 12.1 Å². The molecule has 35 heavy (non-hydrogen) atoms. The highest BCUT2D eigenvalue weighted by atomic mass is 35.5. The Morgan fingerprint density at radius 3 is 2.26 bits per heavy atom. The van der Waals surface area contributed by atoms with Crippen LogP contribution >= 0.6 is 11.6 Å². The van der Waals surface area contributed by atoms with Crippen molar-refractivity contribution in [2.75, 3.05) is 18.5 Å². The van der Waals surface area contributed by atoms with E-state index in [1.54, 1.807) is 6.07 Å². The van der Waals surface area contributed by atoms with Gasteiger partial charge in [0.25, 0.3) is 5.91 Å². The van der Waals surface area contributed by atoms with Crippen LogP contribution in [0, 0.1) is 11.8 Å². The van der Waals surface area contributed by atoms with Crippen molar-refractivity contribution in [3.63, 3.8) is 0 Å². The molecule has 2 atom stereocenters. The first kappa shape index (κ1) is 22.9. The van der Waals surface area contributed by atoms with Crippen LogP contribution in [0.15, 0.2) is 66.7 Å². The van der Waals surface area contributed by atoms with Crippen LogP contribution in [-0.4, -0.2) is 36.2 Å². The van der Waals surface area contributed by atoms with E-state index in [2.05, 4.69) is 22.8 Å². The van der Waals surface area contributed by atoms with Crippen LogP contribution in [0.5, 0.6) is 0 Å². The maximum atomic E-state index is 12.6. The van der Waals surface area contributed by atoms with Gasteiger partial charge < -0.3 is 15.2 Å². The number of rotatable bonds is 7. The molecule has 2 amide bonds. The fourth-order valence-electron chi connectivity index (χ4n) is 4.61. The van der Waals surface area contributed by atoms with E-state index in [9.17, 15) is 14.4 Å². The number of amides is 2. The Balaban J connectivity index is 1.21. The first-order valence-corrected chi connectivity index (χ1v) is 11.7. The van der Waals surface area contributed by atoms with Crippen LogP contribution in [0.2, 0.25) is 5.02 Å². The van der Waals surface area contributed by atoms with Crippen molar-refractivity contribution >= 4 is 35.3 Å². The molecule has 2 unspecified atom stereocenters. The third-order valence-electron chi connectivity index (χ3n) is 6.57. The molecule has 0 bridgehead atoms. The molecule has 1 fully saturated rings. The molecule has 2 aliphatic rings. The summed E-state index contributed by atoms with van der Waals surface area (Å²) in [4.78, 5) is 36.0. The molecule has 0 spiro atoms. The summed E-state index contributed by atoms with van der Waals surface area (Å²) in [5, 5.41) is 14.6. The molecule has 3 aromatic rings. The number of aliphatic carboxylic acids is 1. The second kappa shape index (κ2) is 9.43. The lowest BCUT2D eigenvalue weighted by Crippen LogP contribution is -2.26. The van der Waals surface area contributed by atoms with Crippen molar-refractivity contribution in [3.05, 3.63) is 88.4 Å². The number of nitrogens with one attached hydrogen (secondary N) is 2. The molecular formula is C27H23ClN2O5. The number of carbonyl (C=O) groups excluding carboxylic acids is 2. The van der Waals surface area contributed by atoms with E-state index < -0.39 is 18.0 Å². The minimum absolute atomic E-state index is 0.0535. The van der Waals surface area contributed by atoms with Gasteiger partial charge in [0.2, 0.25) is 0 Å². The van der Waals surface area contributed by atoms with Crippen molar-refractivity contribution in [3.8, 4) is 11.1 Å². The molecule has 0 heterocycles. The monoisotopic (exact) mass is 490 g/mol. The number of carboxylic acids is 1. The second-order valence-electron chi connectivity index (χ2n) is 8.80. The number of hydrogen-bond donors (Lipinski definition) is 3. The quantitative estimate of drug-likeness (QED) is 0.424. The summed E-state index contributed by atoms with van der Waals surface area (Å²) in [5.41, 5.74) is 5.06. The molecule has 1 saturated carbocycles. The number of carbonyl (C=O) groups is 3. The third-order valence-corrected chi connectivity index (χ3v) is 6.90. The number of halogens is 1. The average Bonchev–Trinajstić information content (AvgIpc) is 3.58. The van der Waals surface area contributed by atoms with E-state index in [1.807, 2.05) is 36.4 Å². The van der Waals surface area contributed by atoms with Gasteiger partial charge in [0.1, 0.15) is 6.61 Å². The topological polar surface area (TPSA) is 105 Å². The smallest absolute Gasteiger partial charge is 0.411 e. The predicted octanol–water partition coefficient (Wildman–Crippen LogP) is 5.15. The molecule has 7 nitrogen and oxygen atoms in total. The summed E-state index contributed by atoms with van der Waals surface area (Å²) in [5.74, 6) is -1.73. The highest BCUT2D eigenvalue weighted by Crippen LogP contribution is 2.44. The van der Waals surface area contributed by atoms with Gasteiger partial charge in [-0.1, -0.05) is 60.1 Å². The fraction of sp³-hybridized carbons (Fsp3) is 0.222. The Labute approximate surface area is 207 Å². The molecule has 0 radical (unpaired) electrons. The van der Waals surface area contributed by atoms with E-state index in [0.717, 1.165) is 22.3 Å². The number of hydrogen-bond acceptors (Lipinski definition) is 4. The van der Waals surface area contributed by atoms with Crippen LogP contribution in [0.1, 0.15) is 33.8 Å². The van der Waals surface area contributed by atoms with Crippen molar-refractivity contribution in [1.82, 2.24) is 5.32 Å². The van der Waals surface area contributed by atoms with E-state index in [1.165, 1.54) is 12.1 Å². The Morgan fingerprint density at radius 1 is 0.971 bits per heavy atom. The van der Waals surface area contributed by atoms with E-state index in [-0.39, 0.29) is 41.6 Å². The Hall–Kier alpha value is -3.84. The molecule has 178 valence electrons. The Morgan fingerprint density at radius 2 is 1.63 bits per heavy atom. The molecule has 0 aliphatic heterocycles. The summed E-state index contributed by atoms with van der Waals surface area (Å²) < 4.78 is 5.56. The van der Waals surface area contributed by atoms with Gasteiger partial charge in [-0.15, -0.1) is 0 Å². The Kier molecular flexibility index (Phi) is 6.17. The standard InChI is InChI=1S/C27H23ClN2O5/c28-23-10-9-15(25(31)29-13-16-11-21(16)26(32)33)12-24(23)30-27(34)35-14-22-19-7-3-1-5-17(19)18-6-2-4-8-20(18)22/h1-10,12,16,21-22H,11,13-14H2,(H,29,31)(H,30,34)(H,32,33). The van der Waals surface area contributed by atoms with Gasteiger partial charge in [-0.2, -0.15) is 0 Å². The van der Waals surface area contributed by atoms with Gasteiger partial charge in [0.05, 0.1) is 16.6 Å². The van der Waals surface area contributed by atoms with Crippen LogP contribution in [0.4, 0.5) is 10.5 Å². The molecule has 5 rings (SSSR count). The maximum Gasteiger partial charge on any atom is 0.411 e. The van der Waals surface area contributed by atoms with Crippen LogP contribution in [-0.2, 0) is 9.53 Å². The number of anilines is 1. The highest BCUT2D eigenvalue weighted by Gasteiger charge is 2.43. The van der Waals surface area contributed by atoms with Gasteiger partial charge in [-0.3, -0.25) is 14.9 Å². The van der Waals surface area contributed by atoms with Crippen LogP contribution < -0.4 is 10.6 Å². The third kappa shape index (κ3) is 4.72. The van der Waals surface area contributed by atoms with Crippen LogP contribution in [0.3, 0.4) is 0 Å². The van der Waals surface area contributed by atoms with Crippen molar-refractivity contribution in [1.29, 1.82) is 0 Å². The summed E-state index contributed by atoms with van der Waals surface area (Å²) >= 11 is 6.23. The van der Waals surface area contributed by atoms with Crippen molar-refractivity contribution in [2.45, 2.75) is 12.3 Å². The summed E-state index contributed by atoms with van der Waals surface area (Å²) in [6, 6.07) is 20.7. The fourth-order valence-corrected chi connectivity index (χ4v) is 4.77. The van der Waals surface area contributed by atoms with Crippen molar-refractivity contribution in [2.24, 2.45) is 11.8 Å². The molecule has 2 aliphatic carbocycles. The first-order chi connectivity index (χ1) is 16.9. The highest BCUT2D eigenvalue weighted by molar-refractivity contribution is 6.33. The minimum atomic E-state index is -0.842. The van der Waals surface area contributed by atoms with E-state index in [0.29, 0.717) is 12.0 Å². The number of ether oxygens (including phenoxy) is 1. The Bertz CT molecular complexity index is 1280. The summed E-state index contributed by atoms with van der Waals surface area (Å²) in [7, 11) is 0. The number of fused-ring (bicyclic) bond motifs is 3. The molecule has 0 saturated heterocycles. The lowest BCUT2D eigenvalue weighted by Gasteiger charge is -2.15. The maximum absolute atomic E-state index is 12.6. The summed E-state index contributed by atoms with van der Waals surface area (Å²) in [6.07, 6.45) is -0.112. The van der Waals surface area contributed by atoms with Gasteiger partial charge in [0.15, 0.2) is 0 Å². The molecular weight excluding hydrogens is 468 g/mol. The number of carboxylic acid groups (broad SMARTS) is 1. The zero-order chi connectivity index (χ0) is 24.5. The molecule has 0 aromatic heterocycles. The second-order valence-corrected chi connectivity index (χ2v) is 9.20. The van der Waals surface area contributed by atoms with Gasteiger partial charge in [-0.05, 0) is 52.8 Å².